The molecule has 0 unspecified atom stereocenters. The van der Waals surface area contributed by atoms with E-state index in [1.807, 2.05) is 36.4 Å². The van der Waals surface area contributed by atoms with Crippen LogP contribution in [0.15, 0.2) is 81.8 Å². The number of amides is 1. The minimum atomic E-state index is -0.790. The molecule has 2 heterocycles. The summed E-state index contributed by atoms with van der Waals surface area (Å²) < 4.78 is 21.2. The van der Waals surface area contributed by atoms with Crippen LogP contribution in [0.5, 0.6) is 5.75 Å². The molecule has 1 N–H and O–H groups in total. The number of carbonyl (C=O) groups is 2. The Balaban J connectivity index is 1.29. The zero-order valence-corrected chi connectivity index (χ0v) is 16.2. The van der Waals surface area contributed by atoms with Gasteiger partial charge in [0.2, 0.25) is 11.7 Å². The highest BCUT2D eigenvalue weighted by Gasteiger charge is 2.19. The van der Waals surface area contributed by atoms with Crippen molar-refractivity contribution >= 4 is 17.9 Å². The summed E-state index contributed by atoms with van der Waals surface area (Å²) in [7, 11) is 0. The molecule has 0 saturated heterocycles. The lowest BCUT2D eigenvalue weighted by molar-refractivity contribution is -0.119. The first kappa shape index (κ1) is 19.9. The molecule has 4 rings (SSSR count). The number of esters is 1. The van der Waals surface area contributed by atoms with E-state index in [4.69, 9.17) is 18.3 Å². The third-order valence-corrected chi connectivity index (χ3v) is 4.10. The van der Waals surface area contributed by atoms with E-state index in [1.165, 1.54) is 6.26 Å². The van der Waals surface area contributed by atoms with Crippen molar-refractivity contribution < 1.29 is 27.9 Å². The highest BCUT2D eigenvalue weighted by atomic mass is 16.5. The van der Waals surface area contributed by atoms with Crippen molar-refractivity contribution in [3.05, 3.63) is 84.3 Å². The maximum Gasteiger partial charge on any atom is 0.375 e. The minimum Gasteiger partial charge on any atom is -0.489 e. The number of carbonyl (C=O) groups excluding carboxylic acids is 2. The minimum absolute atomic E-state index is 0.0344. The van der Waals surface area contributed by atoms with Gasteiger partial charge in [0, 0.05) is 11.1 Å². The molecule has 2 aromatic heterocycles. The molecule has 0 atom stereocenters. The lowest BCUT2D eigenvalue weighted by Crippen LogP contribution is -2.21. The molecule has 31 heavy (non-hydrogen) atoms. The smallest absolute Gasteiger partial charge is 0.375 e. The van der Waals surface area contributed by atoms with Crippen molar-refractivity contribution in [1.82, 2.24) is 10.2 Å². The monoisotopic (exact) mass is 419 g/mol. The van der Waals surface area contributed by atoms with Crippen molar-refractivity contribution in [2.75, 3.05) is 11.9 Å². The molecule has 0 spiro atoms. The van der Waals surface area contributed by atoms with Gasteiger partial charge >= 0.3 is 12.0 Å². The average Bonchev–Trinajstić information content (AvgIpc) is 3.47. The van der Waals surface area contributed by atoms with Gasteiger partial charge in [-0.2, -0.15) is 0 Å². The first-order valence-electron chi connectivity index (χ1n) is 9.29. The molecule has 156 valence electrons. The van der Waals surface area contributed by atoms with Gasteiger partial charge in [0.25, 0.3) is 5.91 Å². The van der Waals surface area contributed by atoms with E-state index < -0.39 is 18.5 Å². The summed E-state index contributed by atoms with van der Waals surface area (Å²) >= 11 is 0. The number of anilines is 1. The fraction of sp³-hybridized carbons (Fsp3) is 0.0909. The Morgan fingerprint density at radius 1 is 0.935 bits per heavy atom. The third kappa shape index (κ3) is 5.15. The highest BCUT2D eigenvalue weighted by Crippen LogP contribution is 2.19. The molecule has 2 aromatic carbocycles. The lowest BCUT2D eigenvalue weighted by atomic mass is 10.2. The molecule has 0 aliphatic rings. The Hall–Kier alpha value is -4.40. The second kappa shape index (κ2) is 9.40. The third-order valence-electron chi connectivity index (χ3n) is 4.10. The maximum absolute atomic E-state index is 12.3. The molecule has 0 radical (unpaired) electrons. The zero-order valence-electron chi connectivity index (χ0n) is 16.2. The van der Waals surface area contributed by atoms with Crippen LogP contribution in [0.4, 0.5) is 6.01 Å². The van der Waals surface area contributed by atoms with E-state index >= 15 is 0 Å². The number of nitrogens with zero attached hydrogens (tertiary/aromatic N) is 2. The fourth-order valence-electron chi connectivity index (χ4n) is 2.63. The quantitative estimate of drug-likeness (QED) is 0.430. The van der Waals surface area contributed by atoms with Crippen LogP contribution in [0.2, 0.25) is 0 Å². The number of hydrogen-bond donors (Lipinski definition) is 1. The second-order valence-corrected chi connectivity index (χ2v) is 6.28. The molecule has 0 fully saturated rings. The van der Waals surface area contributed by atoms with Crippen LogP contribution in [-0.2, 0) is 16.1 Å². The van der Waals surface area contributed by atoms with E-state index in [1.54, 1.807) is 30.3 Å². The number of furan rings is 1. The summed E-state index contributed by atoms with van der Waals surface area (Å²) in [4.78, 5) is 24.3. The van der Waals surface area contributed by atoms with Crippen molar-refractivity contribution in [2.24, 2.45) is 0 Å². The van der Waals surface area contributed by atoms with Gasteiger partial charge < -0.3 is 18.3 Å². The van der Waals surface area contributed by atoms with Gasteiger partial charge in [-0.25, -0.2) is 4.79 Å². The Labute approximate surface area is 176 Å². The van der Waals surface area contributed by atoms with Crippen molar-refractivity contribution in [2.45, 2.75) is 6.61 Å². The van der Waals surface area contributed by atoms with Gasteiger partial charge in [0.1, 0.15) is 12.4 Å². The highest BCUT2D eigenvalue weighted by molar-refractivity contribution is 5.93. The summed E-state index contributed by atoms with van der Waals surface area (Å²) in [6, 6.07) is 19.7. The molecular formula is C22H17N3O6. The van der Waals surface area contributed by atoms with E-state index in [-0.39, 0.29) is 24.3 Å². The van der Waals surface area contributed by atoms with E-state index in [0.29, 0.717) is 16.9 Å². The number of rotatable bonds is 8. The first-order chi connectivity index (χ1) is 15.2. The van der Waals surface area contributed by atoms with Gasteiger partial charge in [-0.3, -0.25) is 10.1 Å². The van der Waals surface area contributed by atoms with Crippen LogP contribution in [0.25, 0.3) is 11.5 Å². The number of hydrogen-bond acceptors (Lipinski definition) is 8. The number of aromatic nitrogens is 2. The SMILES string of the molecule is O=C(COC(=O)c1occc1COc1ccccc1)Nc1nnc(-c2ccccc2)o1. The Kier molecular flexibility index (Phi) is 6.03. The molecule has 0 bridgehead atoms. The zero-order chi connectivity index (χ0) is 21.5. The van der Waals surface area contributed by atoms with Gasteiger partial charge in [-0.1, -0.05) is 41.5 Å². The van der Waals surface area contributed by atoms with Gasteiger partial charge in [-0.15, -0.1) is 5.10 Å². The van der Waals surface area contributed by atoms with Gasteiger partial charge in [0.15, 0.2) is 6.61 Å². The maximum atomic E-state index is 12.3. The van der Waals surface area contributed by atoms with E-state index in [0.717, 1.165) is 0 Å². The summed E-state index contributed by atoms with van der Waals surface area (Å²) in [5.41, 5.74) is 1.21. The van der Waals surface area contributed by atoms with Crippen LogP contribution in [0, 0.1) is 0 Å². The van der Waals surface area contributed by atoms with Crippen LogP contribution >= 0.6 is 0 Å². The average molecular weight is 419 g/mol. The molecular weight excluding hydrogens is 402 g/mol. The summed E-state index contributed by atoms with van der Waals surface area (Å²) in [5, 5.41) is 10.00. The van der Waals surface area contributed by atoms with Crippen LogP contribution in [0.3, 0.4) is 0 Å². The normalized spacial score (nSPS) is 10.5. The molecule has 1 amide bonds. The predicted octanol–water partition coefficient (Wildman–Crippen LogP) is 3.70. The largest absolute Gasteiger partial charge is 0.489 e. The number of para-hydroxylation sites is 1. The molecule has 9 nitrogen and oxygen atoms in total. The van der Waals surface area contributed by atoms with Gasteiger partial charge in [-0.05, 0) is 30.3 Å². The second-order valence-electron chi connectivity index (χ2n) is 6.28. The number of nitrogens with one attached hydrogen (secondary N) is 1. The lowest BCUT2D eigenvalue weighted by Gasteiger charge is -2.06. The number of ether oxygens (including phenoxy) is 2. The first-order valence-corrected chi connectivity index (χ1v) is 9.29. The van der Waals surface area contributed by atoms with E-state index in [9.17, 15) is 9.59 Å². The van der Waals surface area contributed by atoms with Crippen LogP contribution in [0.1, 0.15) is 16.1 Å². The van der Waals surface area contributed by atoms with Crippen molar-refractivity contribution in [3.8, 4) is 17.2 Å². The fourth-order valence-corrected chi connectivity index (χ4v) is 2.63. The van der Waals surface area contributed by atoms with Crippen molar-refractivity contribution in [3.63, 3.8) is 0 Å². The molecule has 0 saturated carbocycles. The summed E-state index contributed by atoms with van der Waals surface area (Å²) in [6.07, 6.45) is 1.35. The van der Waals surface area contributed by atoms with Crippen molar-refractivity contribution in [1.29, 1.82) is 0 Å². The number of benzene rings is 2. The van der Waals surface area contributed by atoms with Gasteiger partial charge in [0.05, 0.1) is 6.26 Å². The summed E-state index contributed by atoms with van der Waals surface area (Å²) in [5.74, 6) is -0.552. The topological polar surface area (TPSA) is 117 Å². The molecule has 4 aromatic rings. The molecule has 0 aliphatic carbocycles. The Morgan fingerprint density at radius 2 is 1.68 bits per heavy atom. The van der Waals surface area contributed by atoms with Crippen LogP contribution < -0.4 is 10.1 Å². The molecule has 9 heteroatoms. The standard InChI is InChI=1S/C22H17N3O6/c26-18(23-22-25-24-20(31-22)15-7-3-1-4-8-15)14-30-21(27)19-16(11-12-28-19)13-29-17-9-5-2-6-10-17/h1-12H,13-14H2,(H,23,25,26). The Morgan fingerprint density at radius 3 is 2.45 bits per heavy atom. The Bertz CT molecular complexity index is 1150. The molecule has 0 aliphatic heterocycles. The van der Waals surface area contributed by atoms with E-state index in [2.05, 4.69) is 15.5 Å². The predicted molar refractivity (Wildman–Crippen MR) is 108 cm³/mol. The van der Waals surface area contributed by atoms with Crippen LogP contribution in [-0.4, -0.2) is 28.7 Å². The summed E-state index contributed by atoms with van der Waals surface area (Å²) in [6.45, 7) is -0.442.